The molecule has 0 aliphatic rings. The van der Waals surface area contributed by atoms with Crippen molar-refractivity contribution in [3.8, 4) is 5.88 Å². The van der Waals surface area contributed by atoms with E-state index in [1.54, 1.807) is 18.2 Å². The molecule has 0 aliphatic carbocycles. The van der Waals surface area contributed by atoms with Crippen LogP contribution in [0.15, 0.2) is 34.9 Å². The van der Waals surface area contributed by atoms with E-state index in [-0.39, 0.29) is 18.4 Å². The van der Waals surface area contributed by atoms with Crippen LogP contribution in [-0.4, -0.2) is 9.97 Å². The Morgan fingerprint density at radius 3 is 2.89 bits per heavy atom. The van der Waals surface area contributed by atoms with Crippen molar-refractivity contribution >= 4 is 21.9 Å². The molecular weight excluding hydrogens is 303 g/mol. The maximum absolute atomic E-state index is 13.4. The molecule has 7 heteroatoms. The van der Waals surface area contributed by atoms with Gasteiger partial charge in [0, 0.05) is 5.56 Å². The first-order chi connectivity index (χ1) is 8.70. The Bertz CT molecular complexity index is 552. The zero-order chi connectivity index (χ0) is 13.0. The topological polar surface area (TPSA) is 73.1 Å². The summed E-state index contributed by atoms with van der Waals surface area (Å²) in [6, 6.07) is 6.38. The zero-order valence-corrected chi connectivity index (χ0v) is 10.8. The molecule has 0 saturated carbocycles. The summed E-state index contributed by atoms with van der Waals surface area (Å²) in [6.07, 6.45) is 1.50. The van der Waals surface area contributed by atoms with Crippen LogP contribution in [0.4, 0.5) is 10.3 Å². The van der Waals surface area contributed by atoms with Crippen LogP contribution >= 0.6 is 15.9 Å². The number of halogens is 2. The number of aromatic nitrogens is 2. The fourth-order valence-corrected chi connectivity index (χ4v) is 1.59. The molecule has 0 bridgehead atoms. The molecule has 0 saturated heterocycles. The van der Waals surface area contributed by atoms with Gasteiger partial charge in [-0.15, -0.1) is 0 Å². The first-order valence-electron chi connectivity index (χ1n) is 5.06. The second-order valence-electron chi connectivity index (χ2n) is 3.37. The summed E-state index contributed by atoms with van der Waals surface area (Å²) in [5.74, 6) is 5.39. The predicted molar refractivity (Wildman–Crippen MR) is 68.3 cm³/mol. The highest BCUT2D eigenvalue weighted by atomic mass is 79.9. The van der Waals surface area contributed by atoms with Gasteiger partial charge in [0.2, 0.25) is 11.8 Å². The van der Waals surface area contributed by atoms with Crippen molar-refractivity contribution in [2.75, 3.05) is 5.43 Å². The summed E-state index contributed by atoms with van der Waals surface area (Å²) in [4.78, 5) is 7.88. The third-order valence-corrected chi connectivity index (χ3v) is 2.71. The molecule has 0 fully saturated rings. The van der Waals surface area contributed by atoms with Crippen molar-refractivity contribution in [1.82, 2.24) is 9.97 Å². The average Bonchev–Trinajstić information content (AvgIpc) is 2.39. The highest BCUT2D eigenvalue weighted by molar-refractivity contribution is 9.10. The van der Waals surface area contributed by atoms with Gasteiger partial charge in [-0.3, -0.25) is 5.43 Å². The monoisotopic (exact) mass is 312 g/mol. The van der Waals surface area contributed by atoms with Crippen molar-refractivity contribution in [1.29, 1.82) is 0 Å². The number of rotatable bonds is 4. The Morgan fingerprint density at radius 1 is 1.39 bits per heavy atom. The van der Waals surface area contributed by atoms with Crippen LogP contribution in [0.2, 0.25) is 0 Å². The van der Waals surface area contributed by atoms with E-state index in [0.717, 1.165) is 0 Å². The van der Waals surface area contributed by atoms with Gasteiger partial charge in [0.15, 0.2) is 0 Å². The molecule has 5 nitrogen and oxygen atoms in total. The second kappa shape index (κ2) is 5.74. The summed E-state index contributed by atoms with van der Waals surface area (Å²) >= 11 is 3.24. The number of nitrogens with zero attached hydrogens (tertiary/aromatic N) is 2. The molecule has 1 aromatic heterocycles. The standard InChI is InChI=1S/C11H10BrFN4O/c12-8-5-15-11(17-14)16-10(8)18-6-7-3-1-2-4-9(7)13/h1-5H,6,14H2,(H,15,16,17). The molecule has 94 valence electrons. The molecule has 18 heavy (non-hydrogen) atoms. The third kappa shape index (κ3) is 2.93. The molecule has 0 amide bonds. The molecule has 2 aromatic rings. The van der Waals surface area contributed by atoms with Crippen LogP contribution in [0, 0.1) is 5.82 Å². The van der Waals surface area contributed by atoms with E-state index in [9.17, 15) is 4.39 Å². The molecular formula is C11H10BrFN4O. The van der Waals surface area contributed by atoms with E-state index < -0.39 is 0 Å². The van der Waals surface area contributed by atoms with Crippen LogP contribution in [0.25, 0.3) is 0 Å². The Labute approximate surface area is 111 Å². The van der Waals surface area contributed by atoms with Gasteiger partial charge < -0.3 is 4.74 Å². The summed E-state index contributed by atoms with van der Waals surface area (Å²) in [6.45, 7) is 0.0757. The van der Waals surface area contributed by atoms with Crippen LogP contribution in [0.5, 0.6) is 5.88 Å². The summed E-state index contributed by atoms with van der Waals surface area (Å²) < 4.78 is 19.4. The van der Waals surface area contributed by atoms with Crippen molar-refractivity contribution < 1.29 is 9.13 Å². The number of anilines is 1. The summed E-state index contributed by atoms with van der Waals surface area (Å²) in [5, 5.41) is 0. The largest absolute Gasteiger partial charge is 0.472 e. The van der Waals surface area contributed by atoms with Gasteiger partial charge in [-0.25, -0.2) is 15.2 Å². The first kappa shape index (κ1) is 12.7. The van der Waals surface area contributed by atoms with Gasteiger partial charge in [-0.1, -0.05) is 18.2 Å². The van der Waals surface area contributed by atoms with Gasteiger partial charge in [0.05, 0.1) is 10.7 Å². The van der Waals surface area contributed by atoms with Crippen molar-refractivity contribution in [2.45, 2.75) is 6.61 Å². The lowest BCUT2D eigenvalue weighted by Gasteiger charge is -2.08. The lowest BCUT2D eigenvalue weighted by atomic mass is 10.2. The fourth-order valence-electron chi connectivity index (χ4n) is 1.28. The molecule has 1 heterocycles. The number of hydrogen-bond donors (Lipinski definition) is 2. The number of nitrogen functional groups attached to an aromatic ring is 1. The van der Waals surface area contributed by atoms with Crippen LogP contribution < -0.4 is 16.0 Å². The Kier molecular flexibility index (Phi) is 4.06. The fraction of sp³-hybridized carbons (Fsp3) is 0.0909. The number of hydrogen-bond acceptors (Lipinski definition) is 5. The van der Waals surface area contributed by atoms with Gasteiger partial charge >= 0.3 is 0 Å². The quantitative estimate of drug-likeness (QED) is 0.669. The lowest BCUT2D eigenvalue weighted by Crippen LogP contribution is -2.11. The van der Waals surface area contributed by atoms with E-state index in [0.29, 0.717) is 15.9 Å². The Morgan fingerprint density at radius 2 is 2.17 bits per heavy atom. The van der Waals surface area contributed by atoms with Crippen molar-refractivity contribution in [3.05, 3.63) is 46.3 Å². The maximum Gasteiger partial charge on any atom is 0.240 e. The van der Waals surface area contributed by atoms with E-state index in [1.165, 1.54) is 12.3 Å². The number of nitrogens with one attached hydrogen (secondary N) is 1. The normalized spacial score (nSPS) is 10.2. The summed E-state index contributed by atoms with van der Waals surface area (Å²) in [7, 11) is 0. The van der Waals surface area contributed by atoms with Gasteiger partial charge in [-0.05, 0) is 22.0 Å². The van der Waals surface area contributed by atoms with Gasteiger partial charge in [-0.2, -0.15) is 4.98 Å². The number of hydrazine groups is 1. The van der Waals surface area contributed by atoms with Crippen molar-refractivity contribution in [2.24, 2.45) is 5.84 Å². The summed E-state index contributed by atoms with van der Waals surface area (Å²) in [5.41, 5.74) is 2.76. The van der Waals surface area contributed by atoms with Crippen LogP contribution in [0.1, 0.15) is 5.56 Å². The minimum atomic E-state index is -0.320. The average molecular weight is 313 g/mol. The first-order valence-corrected chi connectivity index (χ1v) is 5.85. The predicted octanol–water partition coefficient (Wildman–Crippen LogP) is 2.24. The highest BCUT2D eigenvalue weighted by Crippen LogP contribution is 2.23. The molecule has 0 spiro atoms. The molecule has 1 aromatic carbocycles. The second-order valence-corrected chi connectivity index (χ2v) is 4.23. The van der Waals surface area contributed by atoms with Crippen molar-refractivity contribution in [3.63, 3.8) is 0 Å². The van der Waals surface area contributed by atoms with Gasteiger partial charge in [0.25, 0.3) is 0 Å². The SMILES string of the molecule is NNc1ncc(Br)c(OCc2ccccc2F)n1. The molecule has 0 radical (unpaired) electrons. The molecule has 0 aliphatic heterocycles. The minimum Gasteiger partial charge on any atom is -0.472 e. The maximum atomic E-state index is 13.4. The van der Waals surface area contributed by atoms with E-state index in [4.69, 9.17) is 10.6 Å². The number of nitrogens with two attached hydrogens (primary N) is 1. The van der Waals surface area contributed by atoms with E-state index in [1.807, 2.05) is 0 Å². The van der Waals surface area contributed by atoms with Gasteiger partial charge in [0.1, 0.15) is 12.4 Å². The number of benzene rings is 1. The molecule has 0 unspecified atom stereocenters. The third-order valence-electron chi connectivity index (χ3n) is 2.16. The Balaban J connectivity index is 2.13. The van der Waals surface area contributed by atoms with E-state index >= 15 is 0 Å². The molecule has 3 N–H and O–H groups in total. The molecule has 0 atom stereocenters. The molecule has 2 rings (SSSR count). The highest BCUT2D eigenvalue weighted by Gasteiger charge is 2.07. The minimum absolute atomic E-state index is 0.0757. The smallest absolute Gasteiger partial charge is 0.240 e. The van der Waals surface area contributed by atoms with Crippen LogP contribution in [-0.2, 0) is 6.61 Å². The Hall–Kier alpha value is -1.73. The lowest BCUT2D eigenvalue weighted by molar-refractivity contribution is 0.286. The number of ether oxygens (including phenoxy) is 1. The zero-order valence-electron chi connectivity index (χ0n) is 9.23. The van der Waals surface area contributed by atoms with E-state index in [2.05, 4.69) is 31.3 Å². The van der Waals surface area contributed by atoms with Crippen LogP contribution in [0.3, 0.4) is 0 Å².